The van der Waals surface area contributed by atoms with Gasteiger partial charge in [-0.3, -0.25) is 4.79 Å². The van der Waals surface area contributed by atoms with E-state index < -0.39 is 0 Å². The van der Waals surface area contributed by atoms with Crippen LogP contribution in [0.2, 0.25) is 0 Å². The van der Waals surface area contributed by atoms with Crippen molar-refractivity contribution in [3.8, 4) is 0 Å². The van der Waals surface area contributed by atoms with Crippen LogP contribution in [-0.2, 0) is 4.79 Å². The highest BCUT2D eigenvalue weighted by atomic mass is 16.4. The van der Waals surface area contributed by atoms with Gasteiger partial charge in [0, 0.05) is 24.9 Å². The van der Waals surface area contributed by atoms with Crippen molar-refractivity contribution in [2.24, 2.45) is 16.8 Å². The number of amides is 1. The normalized spacial score (nSPS) is 28.8. The molecule has 5 heteroatoms. The van der Waals surface area contributed by atoms with E-state index in [1.54, 1.807) is 0 Å². The monoisotopic (exact) mass is 225 g/mol. The maximum absolute atomic E-state index is 11.8. The molecule has 1 heterocycles. The SMILES string of the molecule is N/C(=N/O)[C@@H]1CC(=O)N(C2CCCCC2)C1. The smallest absolute Gasteiger partial charge is 0.223 e. The molecule has 3 N–H and O–H groups in total. The van der Waals surface area contributed by atoms with Crippen LogP contribution in [0.15, 0.2) is 5.16 Å². The first-order valence-electron chi connectivity index (χ1n) is 5.99. The minimum Gasteiger partial charge on any atom is -0.409 e. The maximum Gasteiger partial charge on any atom is 0.223 e. The molecular formula is C11H19N3O2. The number of carbonyl (C=O) groups excluding carboxylic acids is 1. The van der Waals surface area contributed by atoms with Crippen LogP contribution in [0.5, 0.6) is 0 Å². The number of nitrogens with zero attached hydrogens (tertiary/aromatic N) is 2. The van der Waals surface area contributed by atoms with Crippen LogP contribution in [0, 0.1) is 5.92 Å². The molecule has 0 unspecified atom stereocenters. The predicted octanol–water partition coefficient (Wildman–Crippen LogP) is 0.914. The van der Waals surface area contributed by atoms with Crippen LogP contribution in [-0.4, -0.2) is 34.4 Å². The number of nitrogens with two attached hydrogens (primary N) is 1. The molecule has 1 amide bonds. The van der Waals surface area contributed by atoms with Gasteiger partial charge in [-0.05, 0) is 12.8 Å². The molecule has 1 aliphatic carbocycles. The third-order valence-corrected chi connectivity index (χ3v) is 3.71. The summed E-state index contributed by atoms with van der Waals surface area (Å²) in [6.45, 7) is 0.624. The third kappa shape index (κ3) is 2.13. The maximum atomic E-state index is 11.8. The highest BCUT2D eigenvalue weighted by Crippen LogP contribution is 2.28. The number of rotatable bonds is 2. The molecule has 1 saturated carbocycles. The van der Waals surface area contributed by atoms with E-state index in [-0.39, 0.29) is 17.7 Å². The lowest BCUT2D eigenvalue weighted by Gasteiger charge is -2.31. The zero-order valence-electron chi connectivity index (χ0n) is 9.43. The van der Waals surface area contributed by atoms with Crippen LogP contribution in [0.4, 0.5) is 0 Å². The molecule has 16 heavy (non-hydrogen) atoms. The van der Waals surface area contributed by atoms with Gasteiger partial charge in [0.25, 0.3) is 0 Å². The van der Waals surface area contributed by atoms with E-state index in [1.807, 2.05) is 4.90 Å². The first-order valence-corrected chi connectivity index (χ1v) is 5.99. The summed E-state index contributed by atoms with van der Waals surface area (Å²) in [4.78, 5) is 13.8. The predicted molar refractivity (Wildman–Crippen MR) is 60.1 cm³/mol. The van der Waals surface area contributed by atoms with Crippen molar-refractivity contribution in [2.75, 3.05) is 6.54 Å². The molecular weight excluding hydrogens is 206 g/mol. The molecule has 0 radical (unpaired) electrons. The minimum absolute atomic E-state index is 0.0978. The molecule has 1 saturated heterocycles. The molecule has 1 aliphatic heterocycles. The first-order chi connectivity index (χ1) is 7.72. The van der Waals surface area contributed by atoms with Crippen LogP contribution < -0.4 is 5.73 Å². The number of hydrogen-bond donors (Lipinski definition) is 2. The molecule has 0 aromatic rings. The molecule has 0 bridgehead atoms. The number of hydrogen-bond acceptors (Lipinski definition) is 3. The summed E-state index contributed by atoms with van der Waals surface area (Å²) in [6, 6.07) is 0.387. The zero-order chi connectivity index (χ0) is 11.5. The lowest BCUT2D eigenvalue weighted by atomic mass is 9.94. The Morgan fingerprint density at radius 3 is 2.69 bits per heavy atom. The number of amidine groups is 1. The molecule has 1 atom stereocenters. The standard InChI is InChI=1S/C11H19N3O2/c12-11(13-16)8-6-10(15)14(7-8)9-4-2-1-3-5-9/h8-9,16H,1-7H2,(H2,12,13)/t8-/m1/s1. The Labute approximate surface area is 95.3 Å². The Morgan fingerprint density at radius 1 is 1.38 bits per heavy atom. The molecule has 2 aliphatic rings. The zero-order valence-corrected chi connectivity index (χ0v) is 9.43. The quantitative estimate of drug-likeness (QED) is 0.317. The van der Waals surface area contributed by atoms with E-state index in [2.05, 4.69) is 5.16 Å². The van der Waals surface area contributed by atoms with Crippen molar-refractivity contribution < 1.29 is 10.0 Å². The highest BCUT2D eigenvalue weighted by molar-refractivity contribution is 5.91. The molecule has 2 fully saturated rings. The lowest BCUT2D eigenvalue weighted by molar-refractivity contribution is -0.130. The summed E-state index contributed by atoms with van der Waals surface area (Å²) < 4.78 is 0. The fraction of sp³-hybridized carbons (Fsp3) is 0.818. The average Bonchev–Trinajstić information content (AvgIpc) is 2.71. The van der Waals surface area contributed by atoms with Gasteiger partial charge in [-0.15, -0.1) is 0 Å². The summed E-state index contributed by atoms with van der Waals surface area (Å²) in [5.74, 6) is 0.245. The fourth-order valence-electron chi connectivity index (χ4n) is 2.76. The van der Waals surface area contributed by atoms with Crippen molar-refractivity contribution in [1.29, 1.82) is 0 Å². The molecule has 0 aromatic heterocycles. The van der Waals surface area contributed by atoms with E-state index in [1.165, 1.54) is 19.3 Å². The Balaban J connectivity index is 1.98. The highest BCUT2D eigenvalue weighted by Gasteiger charge is 2.36. The molecule has 5 nitrogen and oxygen atoms in total. The van der Waals surface area contributed by atoms with Gasteiger partial charge in [0.15, 0.2) is 0 Å². The van der Waals surface area contributed by atoms with Crippen LogP contribution in [0.1, 0.15) is 38.5 Å². The van der Waals surface area contributed by atoms with Gasteiger partial charge in [-0.25, -0.2) is 0 Å². The second-order valence-corrected chi connectivity index (χ2v) is 4.76. The number of likely N-dealkylation sites (tertiary alicyclic amines) is 1. The van der Waals surface area contributed by atoms with Gasteiger partial charge in [0.2, 0.25) is 5.91 Å². The Morgan fingerprint density at radius 2 is 2.06 bits per heavy atom. The second kappa shape index (κ2) is 4.72. The van der Waals surface area contributed by atoms with E-state index in [4.69, 9.17) is 10.9 Å². The topological polar surface area (TPSA) is 78.9 Å². The van der Waals surface area contributed by atoms with E-state index in [0.29, 0.717) is 19.0 Å². The van der Waals surface area contributed by atoms with Crippen molar-refractivity contribution >= 4 is 11.7 Å². The van der Waals surface area contributed by atoms with Crippen molar-refractivity contribution in [3.05, 3.63) is 0 Å². The van der Waals surface area contributed by atoms with Crippen LogP contribution in [0.3, 0.4) is 0 Å². The fourth-order valence-corrected chi connectivity index (χ4v) is 2.76. The van der Waals surface area contributed by atoms with Gasteiger partial charge in [-0.2, -0.15) is 0 Å². The molecule has 90 valence electrons. The first kappa shape index (κ1) is 11.2. The van der Waals surface area contributed by atoms with Gasteiger partial charge < -0.3 is 15.8 Å². The van der Waals surface area contributed by atoms with E-state index in [0.717, 1.165) is 12.8 Å². The molecule has 0 aromatic carbocycles. The Bertz CT molecular complexity index is 298. The van der Waals surface area contributed by atoms with Crippen molar-refractivity contribution in [3.63, 3.8) is 0 Å². The average molecular weight is 225 g/mol. The summed E-state index contributed by atoms with van der Waals surface area (Å²) >= 11 is 0. The van der Waals surface area contributed by atoms with Crippen molar-refractivity contribution in [1.82, 2.24) is 4.90 Å². The summed E-state index contributed by atoms with van der Waals surface area (Å²) in [7, 11) is 0. The number of carbonyl (C=O) groups is 1. The lowest BCUT2D eigenvalue weighted by Crippen LogP contribution is -2.38. The van der Waals surface area contributed by atoms with Crippen LogP contribution in [0.25, 0.3) is 0 Å². The van der Waals surface area contributed by atoms with Crippen LogP contribution >= 0.6 is 0 Å². The minimum atomic E-state index is -0.0978. The number of oxime groups is 1. The van der Waals surface area contributed by atoms with E-state index in [9.17, 15) is 4.79 Å². The summed E-state index contributed by atoms with van der Waals surface area (Å²) in [5, 5.41) is 11.6. The largest absolute Gasteiger partial charge is 0.409 e. The molecule has 0 spiro atoms. The second-order valence-electron chi connectivity index (χ2n) is 4.76. The van der Waals surface area contributed by atoms with Crippen molar-refractivity contribution in [2.45, 2.75) is 44.6 Å². The summed E-state index contributed by atoms with van der Waals surface area (Å²) in [5.41, 5.74) is 5.55. The Kier molecular flexibility index (Phi) is 3.31. The van der Waals surface area contributed by atoms with Gasteiger partial charge in [0.1, 0.15) is 5.84 Å². The summed E-state index contributed by atoms with van der Waals surface area (Å²) in [6.07, 6.45) is 6.31. The van der Waals surface area contributed by atoms with Gasteiger partial charge in [-0.1, -0.05) is 24.4 Å². The van der Waals surface area contributed by atoms with E-state index >= 15 is 0 Å². The molecule has 2 rings (SSSR count). The third-order valence-electron chi connectivity index (χ3n) is 3.71. The Hall–Kier alpha value is -1.26. The van der Waals surface area contributed by atoms with Gasteiger partial charge in [0.05, 0.1) is 0 Å². The van der Waals surface area contributed by atoms with Gasteiger partial charge >= 0.3 is 0 Å².